The zero-order chi connectivity index (χ0) is 17.4. The fourth-order valence-corrected chi connectivity index (χ4v) is 2.51. The van der Waals surface area contributed by atoms with Crippen molar-refractivity contribution in [3.8, 4) is 0 Å². The summed E-state index contributed by atoms with van der Waals surface area (Å²) < 4.78 is 0.894. The maximum Gasteiger partial charge on any atom is 0.255 e. The van der Waals surface area contributed by atoms with Gasteiger partial charge in [-0.15, -0.1) is 0 Å². The average molecular weight is 384 g/mol. The highest BCUT2D eigenvalue weighted by molar-refractivity contribution is 9.10. The Morgan fingerprint density at radius 2 is 1.75 bits per heavy atom. The Morgan fingerprint density at radius 3 is 2.42 bits per heavy atom. The molecule has 24 heavy (non-hydrogen) atoms. The Kier molecular flexibility index (Phi) is 6.70. The number of nitrogens with one attached hydrogen (secondary N) is 1. The lowest BCUT2D eigenvalue weighted by molar-refractivity contribution is -0.121. The van der Waals surface area contributed by atoms with Gasteiger partial charge in [0.25, 0.3) is 5.91 Å². The van der Waals surface area contributed by atoms with Crippen LogP contribution in [0.4, 0.5) is 0 Å². The fraction of sp³-hybridized carbons (Fsp3) is 0.100. The van der Waals surface area contributed by atoms with E-state index in [2.05, 4.69) is 21.2 Å². The van der Waals surface area contributed by atoms with Crippen LogP contribution >= 0.6 is 15.9 Å². The maximum absolute atomic E-state index is 12.2. The van der Waals surface area contributed by atoms with Crippen LogP contribution in [0.2, 0.25) is 0 Å². The van der Waals surface area contributed by atoms with Gasteiger partial charge in [0, 0.05) is 11.0 Å². The molecule has 0 atom stereocenters. The molecule has 0 aliphatic rings. The van der Waals surface area contributed by atoms with Crippen molar-refractivity contribution in [3.63, 3.8) is 0 Å². The molecule has 0 bridgehead atoms. The lowest BCUT2D eigenvalue weighted by atomic mass is 10.1. The Bertz CT molecular complexity index is 779. The molecule has 2 aromatic rings. The summed E-state index contributed by atoms with van der Waals surface area (Å²) in [6.45, 7) is 1.75. The number of rotatable bonds is 6. The van der Waals surface area contributed by atoms with E-state index in [1.165, 1.54) is 6.92 Å². The lowest BCUT2D eigenvalue weighted by Crippen LogP contribution is -2.27. The summed E-state index contributed by atoms with van der Waals surface area (Å²) in [6, 6.07) is 17.2. The molecule has 0 spiro atoms. The normalized spacial score (nSPS) is 11.5. The standard InChI is InChI=1S/C20H18BrNO2/c1-15(23)19(14-17-9-5-11-18(21)13-17)20(24)22-12-6-10-16-7-3-2-4-8-16/h2-11,13-14H,12H2,1H3,(H,22,24). The SMILES string of the molecule is CC(=O)C(=Cc1cccc(Br)c1)C(=O)NCC=Cc1ccccc1. The summed E-state index contributed by atoms with van der Waals surface area (Å²) in [5.74, 6) is -0.639. The van der Waals surface area contributed by atoms with E-state index in [-0.39, 0.29) is 17.3 Å². The molecule has 1 amide bonds. The summed E-state index contributed by atoms with van der Waals surface area (Å²) >= 11 is 3.38. The molecular formula is C20H18BrNO2. The van der Waals surface area contributed by atoms with Gasteiger partial charge in [0.2, 0.25) is 0 Å². The topological polar surface area (TPSA) is 46.2 Å². The highest BCUT2D eigenvalue weighted by Crippen LogP contribution is 2.15. The summed E-state index contributed by atoms with van der Waals surface area (Å²) in [4.78, 5) is 24.0. The van der Waals surface area contributed by atoms with Gasteiger partial charge in [-0.3, -0.25) is 9.59 Å². The number of carbonyl (C=O) groups excluding carboxylic acids is 2. The van der Waals surface area contributed by atoms with Crippen LogP contribution in [0.5, 0.6) is 0 Å². The molecule has 2 aromatic carbocycles. The highest BCUT2D eigenvalue weighted by Gasteiger charge is 2.13. The number of Topliss-reactive ketones (excluding diaryl/α,β-unsaturated/α-hetero) is 1. The van der Waals surface area contributed by atoms with E-state index in [9.17, 15) is 9.59 Å². The Labute approximate surface area is 150 Å². The third kappa shape index (κ3) is 5.63. The van der Waals surface area contributed by atoms with Gasteiger partial charge in [-0.05, 0) is 36.3 Å². The first kappa shape index (κ1) is 17.9. The van der Waals surface area contributed by atoms with E-state index < -0.39 is 0 Å². The molecule has 0 fully saturated rings. The van der Waals surface area contributed by atoms with Crippen molar-refractivity contribution in [2.24, 2.45) is 0 Å². The van der Waals surface area contributed by atoms with Crippen molar-refractivity contribution >= 4 is 39.8 Å². The average Bonchev–Trinajstić information content (AvgIpc) is 2.57. The molecule has 1 N–H and O–H groups in total. The molecule has 0 aliphatic heterocycles. The summed E-state index contributed by atoms with van der Waals surface area (Å²) in [6.07, 6.45) is 5.37. The third-order valence-corrected chi connectivity index (χ3v) is 3.77. The fourth-order valence-electron chi connectivity index (χ4n) is 2.10. The van der Waals surface area contributed by atoms with Crippen LogP contribution in [-0.4, -0.2) is 18.2 Å². The second-order valence-corrected chi connectivity index (χ2v) is 6.11. The molecule has 0 saturated carbocycles. The summed E-state index contributed by atoms with van der Waals surface area (Å²) in [7, 11) is 0. The molecule has 0 unspecified atom stereocenters. The van der Waals surface area contributed by atoms with E-state index in [0.29, 0.717) is 6.54 Å². The monoisotopic (exact) mass is 383 g/mol. The smallest absolute Gasteiger partial charge is 0.255 e. The largest absolute Gasteiger partial charge is 0.348 e. The number of carbonyl (C=O) groups is 2. The second-order valence-electron chi connectivity index (χ2n) is 5.19. The molecule has 0 aromatic heterocycles. The predicted molar refractivity (Wildman–Crippen MR) is 101 cm³/mol. The van der Waals surface area contributed by atoms with Crippen molar-refractivity contribution in [2.75, 3.05) is 6.54 Å². The summed E-state index contributed by atoms with van der Waals surface area (Å²) in [5.41, 5.74) is 1.99. The Hall–Kier alpha value is -2.46. The van der Waals surface area contributed by atoms with Crippen molar-refractivity contribution in [1.29, 1.82) is 0 Å². The zero-order valence-corrected chi connectivity index (χ0v) is 14.9. The van der Waals surface area contributed by atoms with Gasteiger partial charge >= 0.3 is 0 Å². The molecule has 0 radical (unpaired) electrons. The van der Waals surface area contributed by atoms with Gasteiger partial charge in [-0.25, -0.2) is 0 Å². The third-order valence-electron chi connectivity index (χ3n) is 3.27. The number of amides is 1. The predicted octanol–water partition coefficient (Wildman–Crippen LogP) is 4.25. The van der Waals surface area contributed by atoms with Gasteiger partial charge in [0.15, 0.2) is 5.78 Å². The molecule has 3 nitrogen and oxygen atoms in total. The molecule has 122 valence electrons. The second kappa shape index (κ2) is 8.99. The van der Waals surface area contributed by atoms with Gasteiger partial charge in [0.1, 0.15) is 0 Å². The minimum Gasteiger partial charge on any atom is -0.348 e. The van der Waals surface area contributed by atoms with Gasteiger partial charge < -0.3 is 5.32 Å². The molecule has 0 heterocycles. The minimum absolute atomic E-state index is 0.140. The van der Waals surface area contributed by atoms with E-state index in [0.717, 1.165) is 15.6 Å². The Balaban J connectivity index is 2.02. The van der Waals surface area contributed by atoms with Crippen LogP contribution in [0.15, 0.2) is 70.7 Å². The molecule has 2 rings (SSSR count). The first-order valence-corrected chi connectivity index (χ1v) is 8.33. The van der Waals surface area contributed by atoms with Crippen LogP contribution < -0.4 is 5.32 Å². The van der Waals surface area contributed by atoms with Gasteiger partial charge in [-0.1, -0.05) is 70.5 Å². The Morgan fingerprint density at radius 1 is 1.04 bits per heavy atom. The lowest BCUT2D eigenvalue weighted by Gasteiger charge is -2.05. The number of halogens is 1. The summed E-state index contributed by atoms with van der Waals surface area (Å²) in [5, 5.41) is 2.74. The van der Waals surface area contributed by atoms with Crippen molar-refractivity contribution in [2.45, 2.75) is 6.92 Å². The minimum atomic E-state index is -0.375. The van der Waals surface area contributed by atoms with Crippen molar-refractivity contribution in [1.82, 2.24) is 5.32 Å². The van der Waals surface area contributed by atoms with Crippen molar-refractivity contribution < 1.29 is 9.59 Å². The molecule has 0 aliphatic carbocycles. The molecule has 0 saturated heterocycles. The highest BCUT2D eigenvalue weighted by atomic mass is 79.9. The van der Waals surface area contributed by atoms with Gasteiger partial charge in [0.05, 0.1) is 5.57 Å². The van der Waals surface area contributed by atoms with E-state index in [1.807, 2.05) is 66.7 Å². The van der Waals surface area contributed by atoms with Crippen LogP contribution in [0, 0.1) is 0 Å². The zero-order valence-electron chi connectivity index (χ0n) is 13.3. The first-order valence-electron chi connectivity index (χ1n) is 7.54. The number of hydrogen-bond acceptors (Lipinski definition) is 2. The first-order chi connectivity index (χ1) is 11.6. The quantitative estimate of drug-likeness (QED) is 0.460. The maximum atomic E-state index is 12.2. The number of benzene rings is 2. The van der Waals surface area contributed by atoms with Crippen LogP contribution in [0.3, 0.4) is 0 Å². The van der Waals surface area contributed by atoms with Crippen LogP contribution in [-0.2, 0) is 9.59 Å². The van der Waals surface area contributed by atoms with Crippen molar-refractivity contribution in [3.05, 3.63) is 81.8 Å². The molecular weight excluding hydrogens is 366 g/mol. The van der Waals surface area contributed by atoms with Gasteiger partial charge in [-0.2, -0.15) is 0 Å². The van der Waals surface area contributed by atoms with Crippen LogP contribution in [0.1, 0.15) is 18.1 Å². The van der Waals surface area contributed by atoms with Crippen LogP contribution in [0.25, 0.3) is 12.2 Å². The van der Waals surface area contributed by atoms with E-state index in [1.54, 1.807) is 6.08 Å². The number of hydrogen-bond donors (Lipinski definition) is 1. The number of ketones is 1. The van der Waals surface area contributed by atoms with E-state index in [4.69, 9.17) is 0 Å². The molecule has 4 heteroatoms. The van der Waals surface area contributed by atoms with E-state index >= 15 is 0 Å².